The summed E-state index contributed by atoms with van der Waals surface area (Å²) >= 11 is 0. The number of ether oxygens (including phenoxy) is 1. The molecule has 1 aliphatic rings. The van der Waals surface area contributed by atoms with Gasteiger partial charge in [-0.05, 0) is 34.7 Å². The van der Waals surface area contributed by atoms with Gasteiger partial charge in [-0.1, -0.05) is 50.2 Å². The van der Waals surface area contributed by atoms with Crippen LogP contribution >= 0.6 is 0 Å². The third-order valence-corrected chi connectivity index (χ3v) is 4.79. The Bertz CT molecular complexity index is 749. The molecule has 3 rings (SSSR count). The molecule has 0 unspecified atom stereocenters. The third kappa shape index (κ3) is 6.08. The van der Waals surface area contributed by atoms with Crippen LogP contribution in [0.15, 0.2) is 53.5 Å². The second-order valence-electron chi connectivity index (χ2n) is 7.31. The monoisotopic (exact) mass is 366 g/mol. The molecule has 1 fully saturated rings. The molecular weight excluding hydrogens is 336 g/mol. The molecule has 1 saturated heterocycles. The van der Waals surface area contributed by atoms with Gasteiger partial charge in [0.2, 0.25) is 0 Å². The van der Waals surface area contributed by atoms with Crippen molar-refractivity contribution in [2.45, 2.75) is 32.9 Å². The number of nitrogens with two attached hydrogens (primary N) is 1. The van der Waals surface area contributed by atoms with Gasteiger partial charge in [0.15, 0.2) is 5.96 Å². The summed E-state index contributed by atoms with van der Waals surface area (Å²) in [6, 6.07) is 16.9. The highest BCUT2D eigenvalue weighted by Crippen LogP contribution is 2.18. The first kappa shape index (κ1) is 19.4. The van der Waals surface area contributed by atoms with Gasteiger partial charge in [0, 0.05) is 25.3 Å². The number of guanidine groups is 1. The Kier molecular flexibility index (Phi) is 6.85. The van der Waals surface area contributed by atoms with E-state index in [0.717, 1.165) is 44.1 Å². The smallest absolute Gasteiger partial charge is 0.193 e. The van der Waals surface area contributed by atoms with Crippen molar-refractivity contribution in [2.75, 3.05) is 31.6 Å². The molecule has 0 atom stereocenters. The van der Waals surface area contributed by atoms with Crippen LogP contribution in [0, 0.1) is 0 Å². The van der Waals surface area contributed by atoms with Crippen molar-refractivity contribution in [2.24, 2.45) is 10.7 Å². The summed E-state index contributed by atoms with van der Waals surface area (Å²) in [6.45, 7) is 9.58. The second-order valence-corrected chi connectivity index (χ2v) is 7.31. The van der Waals surface area contributed by atoms with E-state index >= 15 is 0 Å². The summed E-state index contributed by atoms with van der Waals surface area (Å²) in [4.78, 5) is 6.89. The summed E-state index contributed by atoms with van der Waals surface area (Å²) in [5, 5.41) is 3.18. The highest BCUT2D eigenvalue weighted by Gasteiger charge is 2.10. The minimum atomic E-state index is 0.438. The Balaban J connectivity index is 1.53. The minimum absolute atomic E-state index is 0.438. The lowest BCUT2D eigenvalue weighted by atomic mass is 10.0. The number of morpholine rings is 1. The molecule has 5 nitrogen and oxygen atoms in total. The van der Waals surface area contributed by atoms with Crippen LogP contribution in [0.3, 0.4) is 0 Å². The van der Waals surface area contributed by atoms with Crippen LogP contribution in [0.5, 0.6) is 0 Å². The Morgan fingerprint density at radius 2 is 1.81 bits per heavy atom. The van der Waals surface area contributed by atoms with Gasteiger partial charge in [-0.3, -0.25) is 4.90 Å². The third-order valence-electron chi connectivity index (χ3n) is 4.79. The standard InChI is InChI=1S/C22H30N4O/c1-17(2)20-4-3-5-21(14-20)25-22(23)24-15-18-6-8-19(9-7-18)16-26-10-12-27-13-11-26/h3-9,14,17H,10-13,15-16H2,1-2H3,(H3,23,24,25). The van der Waals surface area contributed by atoms with Crippen molar-refractivity contribution in [3.8, 4) is 0 Å². The van der Waals surface area contributed by atoms with E-state index in [1.807, 2.05) is 12.1 Å². The van der Waals surface area contributed by atoms with Crippen molar-refractivity contribution in [1.29, 1.82) is 0 Å². The van der Waals surface area contributed by atoms with Crippen LogP contribution in [-0.4, -0.2) is 37.2 Å². The van der Waals surface area contributed by atoms with Gasteiger partial charge in [-0.2, -0.15) is 0 Å². The maximum Gasteiger partial charge on any atom is 0.193 e. The largest absolute Gasteiger partial charge is 0.379 e. The van der Waals surface area contributed by atoms with E-state index in [2.05, 4.69) is 65.5 Å². The number of aliphatic imine (C=N–C) groups is 1. The highest BCUT2D eigenvalue weighted by molar-refractivity contribution is 5.92. The maximum absolute atomic E-state index is 6.05. The van der Waals surface area contributed by atoms with E-state index < -0.39 is 0 Å². The molecule has 2 aromatic rings. The summed E-state index contributed by atoms with van der Waals surface area (Å²) in [7, 11) is 0. The van der Waals surface area contributed by atoms with E-state index in [0.29, 0.717) is 18.4 Å². The molecule has 0 saturated carbocycles. The molecule has 2 aromatic carbocycles. The molecule has 27 heavy (non-hydrogen) atoms. The summed E-state index contributed by atoms with van der Waals surface area (Å²) in [5.74, 6) is 0.925. The number of benzene rings is 2. The SMILES string of the molecule is CC(C)c1cccc(NC(N)=NCc2ccc(CN3CCOCC3)cc2)c1. The van der Waals surface area contributed by atoms with Gasteiger partial charge in [-0.25, -0.2) is 4.99 Å². The number of hydrogen-bond acceptors (Lipinski definition) is 3. The van der Waals surface area contributed by atoms with Crippen LogP contribution in [-0.2, 0) is 17.8 Å². The molecule has 1 heterocycles. The van der Waals surface area contributed by atoms with Crippen molar-refractivity contribution >= 4 is 11.6 Å². The van der Waals surface area contributed by atoms with E-state index in [4.69, 9.17) is 10.5 Å². The van der Waals surface area contributed by atoms with E-state index in [9.17, 15) is 0 Å². The summed E-state index contributed by atoms with van der Waals surface area (Å²) in [5.41, 5.74) is 10.8. The molecule has 144 valence electrons. The first-order chi connectivity index (χ1) is 13.1. The average molecular weight is 367 g/mol. The zero-order valence-corrected chi connectivity index (χ0v) is 16.3. The number of nitrogens with one attached hydrogen (secondary N) is 1. The second kappa shape index (κ2) is 9.53. The fraction of sp³-hybridized carbons (Fsp3) is 0.409. The first-order valence-corrected chi connectivity index (χ1v) is 9.65. The number of rotatable bonds is 6. The zero-order chi connectivity index (χ0) is 19.1. The lowest BCUT2D eigenvalue weighted by molar-refractivity contribution is 0.0342. The molecule has 0 amide bonds. The predicted molar refractivity (Wildman–Crippen MR) is 112 cm³/mol. The van der Waals surface area contributed by atoms with Crippen LogP contribution in [0.1, 0.15) is 36.5 Å². The van der Waals surface area contributed by atoms with Gasteiger partial charge in [-0.15, -0.1) is 0 Å². The Hall–Kier alpha value is -2.37. The Morgan fingerprint density at radius 3 is 2.52 bits per heavy atom. The van der Waals surface area contributed by atoms with Crippen molar-refractivity contribution in [3.05, 3.63) is 65.2 Å². The van der Waals surface area contributed by atoms with Crippen molar-refractivity contribution < 1.29 is 4.74 Å². The summed E-state index contributed by atoms with van der Waals surface area (Å²) < 4.78 is 5.40. The lowest BCUT2D eigenvalue weighted by Gasteiger charge is -2.26. The topological polar surface area (TPSA) is 62.9 Å². The van der Waals surface area contributed by atoms with Crippen LogP contribution in [0.4, 0.5) is 5.69 Å². The Labute approximate surface area is 162 Å². The van der Waals surface area contributed by atoms with Crippen LogP contribution in [0.25, 0.3) is 0 Å². The number of nitrogens with zero attached hydrogens (tertiary/aromatic N) is 2. The lowest BCUT2D eigenvalue weighted by Crippen LogP contribution is -2.35. The number of hydrogen-bond donors (Lipinski definition) is 2. The van der Waals surface area contributed by atoms with Gasteiger partial charge in [0.1, 0.15) is 0 Å². The normalized spacial score (nSPS) is 15.9. The van der Waals surface area contributed by atoms with Gasteiger partial charge in [0.25, 0.3) is 0 Å². The molecule has 0 spiro atoms. The molecule has 3 N–H and O–H groups in total. The minimum Gasteiger partial charge on any atom is -0.379 e. The Morgan fingerprint density at radius 1 is 1.11 bits per heavy atom. The average Bonchev–Trinajstić information content (AvgIpc) is 2.68. The van der Waals surface area contributed by atoms with Gasteiger partial charge < -0.3 is 15.8 Å². The molecule has 0 aromatic heterocycles. The fourth-order valence-electron chi connectivity index (χ4n) is 3.11. The first-order valence-electron chi connectivity index (χ1n) is 9.65. The van der Waals surface area contributed by atoms with Gasteiger partial charge >= 0.3 is 0 Å². The zero-order valence-electron chi connectivity index (χ0n) is 16.3. The van der Waals surface area contributed by atoms with Crippen LogP contribution < -0.4 is 11.1 Å². The molecular formula is C22H30N4O. The van der Waals surface area contributed by atoms with Crippen molar-refractivity contribution in [3.63, 3.8) is 0 Å². The maximum atomic E-state index is 6.05. The van der Waals surface area contributed by atoms with Crippen LogP contribution in [0.2, 0.25) is 0 Å². The fourth-order valence-corrected chi connectivity index (χ4v) is 3.11. The quantitative estimate of drug-likeness (QED) is 0.606. The van der Waals surface area contributed by atoms with E-state index in [1.54, 1.807) is 0 Å². The summed E-state index contributed by atoms with van der Waals surface area (Å²) in [6.07, 6.45) is 0. The molecule has 0 aliphatic carbocycles. The van der Waals surface area contributed by atoms with Gasteiger partial charge in [0.05, 0.1) is 19.8 Å². The number of anilines is 1. The highest BCUT2D eigenvalue weighted by atomic mass is 16.5. The molecule has 0 radical (unpaired) electrons. The van der Waals surface area contributed by atoms with E-state index in [-0.39, 0.29) is 0 Å². The molecule has 0 bridgehead atoms. The molecule has 5 heteroatoms. The van der Waals surface area contributed by atoms with Crippen molar-refractivity contribution in [1.82, 2.24) is 4.90 Å². The predicted octanol–water partition coefficient (Wildman–Crippen LogP) is 3.57. The molecule has 1 aliphatic heterocycles. The van der Waals surface area contributed by atoms with E-state index in [1.165, 1.54) is 11.1 Å².